The molecule has 2 fully saturated rings. The first-order chi connectivity index (χ1) is 10.0. The van der Waals surface area contributed by atoms with Gasteiger partial charge in [0.1, 0.15) is 17.7 Å². The summed E-state index contributed by atoms with van der Waals surface area (Å²) in [6.07, 6.45) is 9.36. The third-order valence-electron chi connectivity index (χ3n) is 4.13. The van der Waals surface area contributed by atoms with Gasteiger partial charge in [0.05, 0.1) is 5.92 Å². The smallest absolute Gasteiger partial charge is 0.302 e. The van der Waals surface area contributed by atoms with Gasteiger partial charge in [0.25, 0.3) is 0 Å². The van der Waals surface area contributed by atoms with Crippen LogP contribution in [0.2, 0.25) is 0 Å². The first-order valence-corrected chi connectivity index (χ1v) is 8.26. The van der Waals surface area contributed by atoms with Gasteiger partial charge in [-0.15, -0.1) is 0 Å². The number of unbranched alkanes of at least 4 members (excludes halogenated alkanes) is 2. The number of esters is 1. The zero-order valence-electron chi connectivity index (χ0n) is 13.4. The van der Waals surface area contributed by atoms with Crippen molar-refractivity contribution >= 4 is 17.5 Å². The number of carbonyl (C=O) groups excluding carboxylic acids is 3. The Labute approximate surface area is 127 Å². The summed E-state index contributed by atoms with van der Waals surface area (Å²) < 4.78 is 5.17. The lowest BCUT2D eigenvalue weighted by Crippen LogP contribution is -2.24. The Morgan fingerprint density at radius 3 is 2.29 bits per heavy atom. The van der Waals surface area contributed by atoms with Crippen LogP contribution in [-0.2, 0) is 19.1 Å². The van der Waals surface area contributed by atoms with Gasteiger partial charge in [0.15, 0.2) is 0 Å². The Morgan fingerprint density at radius 2 is 1.81 bits per heavy atom. The summed E-state index contributed by atoms with van der Waals surface area (Å²) in [6, 6.07) is 0. The van der Waals surface area contributed by atoms with Crippen LogP contribution in [0.1, 0.15) is 78.1 Å². The van der Waals surface area contributed by atoms with Crippen molar-refractivity contribution in [2.24, 2.45) is 5.92 Å². The molecule has 0 spiro atoms. The molecule has 0 heterocycles. The molecule has 0 aromatic heterocycles. The van der Waals surface area contributed by atoms with Crippen LogP contribution in [0.25, 0.3) is 0 Å². The fraction of sp³-hybridized carbons (Fsp3) is 0.824. The molecule has 0 amide bonds. The van der Waals surface area contributed by atoms with E-state index in [9.17, 15) is 14.4 Å². The van der Waals surface area contributed by atoms with E-state index < -0.39 is 0 Å². The maximum atomic E-state index is 11.6. The lowest BCUT2D eigenvalue weighted by Gasteiger charge is -2.17. The van der Waals surface area contributed by atoms with Gasteiger partial charge in [-0.1, -0.05) is 26.2 Å². The Balaban J connectivity index is 0.000000304. The highest BCUT2D eigenvalue weighted by Gasteiger charge is 2.36. The molecule has 0 bridgehead atoms. The molecule has 2 saturated carbocycles. The molecule has 2 atom stereocenters. The van der Waals surface area contributed by atoms with Gasteiger partial charge in [0.2, 0.25) is 0 Å². The highest BCUT2D eigenvalue weighted by molar-refractivity contribution is 5.84. The van der Waals surface area contributed by atoms with Crippen molar-refractivity contribution in [1.29, 1.82) is 0 Å². The van der Waals surface area contributed by atoms with Crippen molar-refractivity contribution in [3.63, 3.8) is 0 Å². The van der Waals surface area contributed by atoms with Crippen molar-refractivity contribution < 1.29 is 19.1 Å². The SMILES string of the molecule is CCCCCC1C(=O)CCC1OC(C)=O.O=C1CCCC1. The van der Waals surface area contributed by atoms with Crippen LogP contribution >= 0.6 is 0 Å². The molecule has 2 aliphatic carbocycles. The van der Waals surface area contributed by atoms with Crippen LogP contribution in [0.5, 0.6) is 0 Å². The first-order valence-electron chi connectivity index (χ1n) is 8.26. The monoisotopic (exact) mass is 296 g/mol. The fourth-order valence-electron chi connectivity index (χ4n) is 2.96. The first kappa shape index (κ1) is 17.9. The number of hydrogen-bond acceptors (Lipinski definition) is 4. The molecule has 0 radical (unpaired) electrons. The lowest BCUT2D eigenvalue weighted by atomic mass is 9.97. The third-order valence-corrected chi connectivity index (χ3v) is 4.13. The maximum Gasteiger partial charge on any atom is 0.302 e. The molecule has 2 aliphatic rings. The summed E-state index contributed by atoms with van der Waals surface area (Å²) in [5.41, 5.74) is 0. The summed E-state index contributed by atoms with van der Waals surface area (Å²) in [4.78, 5) is 32.7. The van der Waals surface area contributed by atoms with Crippen molar-refractivity contribution in [3.05, 3.63) is 0 Å². The molecule has 2 rings (SSSR count). The highest BCUT2D eigenvalue weighted by atomic mass is 16.5. The minimum Gasteiger partial charge on any atom is -0.462 e. The molecule has 0 aliphatic heterocycles. The van der Waals surface area contributed by atoms with Gasteiger partial charge >= 0.3 is 5.97 Å². The van der Waals surface area contributed by atoms with Crippen LogP contribution in [0.15, 0.2) is 0 Å². The molecular weight excluding hydrogens is 268 g/mol. The van der Waals surface area contributed by atoms with Gasteiger partial charge in [-0.25, -0.2) is 0 Å². The molecule has 4 nitrogen and oxygen atoms in total. The van der Waals surface area contributed by atoms with Crippen molar-refractivity contribution in [3.8, 4) is 0 Å². The lowest BCUT2D eigenvalue weighted by molar-refractivity contribution is -0.148. The predicted molar refractivity (Wildman–Crippen MR) is 80.9 cm³/mol. The molecule has 0 aromatic carbocycles. The second kappa shape index (κ2) is 9.69. The van der Waals surface area contributed by atoms with E-state index in [1.165, 1.54) is 6.92 Å². The van der Waals surface area contributed by atoms with Gasteiger partial charge < -0.3 is 4.74 Å². The topological polar surface area (TPSA) is 60.4 Å². The Morgan fingerprint density at radius 1 is 1.14 bits per heavy atom. The Bertz CT molecular complexity index is 354. The second-order valence-corrected chi connectivity index (χ2v) is 6.00. The van der Waals surface area contributed by atoms with Crippen molar-refractivity contribution in [1.82, 2.24) is 0 Å². The predicted octanol–water partition coefficient (Wildman–Crippen LogP) is 3.61. The summed E-state index contributed by atoms with van der Waals surface area (Å²) in [5.74, 6) is 0.433. The van der Waals surface area contributed by atoms with Crippen LogP contribution in [0.4, 0.5) is 0 Å². The average molecular weight is 296 g/mol. The van der Waals surface area contributed by atoms with Crippen LogP contribution in [0.3, 0.4) is 0 Å². The fourth-order valence-corrected chi connectivity index (χ4v) is 2.96. The molecule has 2 unspecified atom stereocenters. The van der Waals surface area contributed by atoms with Crippen molar-refractivity contribution in [2.75, 3.05) is 0 Å². The summed E-state index contributed by atoms with van der Waals surface area (Å²) in [7, 11) is 0. The van der Waals surface area contributed by atoms with E-state index in [2.05, 4.69) is 6.92 Å². The molecule has 21 heavy (non-hydrogen) atoms. The van der Waals surface area contributed by atoms with Gasteiger partial charge in [-0.3, -0.25) is 14.4 Å². The number of ether oxygens (including phenoxy) is 1. The summed E-state index contributed by atoms with van der Waals surface area (Å²) >= 11 is 0. The molecule has 120 valence electrons. The number of rotatable bonds is 5. The number of hydrogen-bond donors (Lipinski definition) is 0. The third kappa shape index (κ3) is 6.87. The van der Waals surface area contributed by atoms with Gasteiger partial charge in [0, 0.05) is 26.2 Å². The Kier molecular flexibility index (Phi) is 8.24. The molecule has 0 N–H and O–H groups in total. The van der Waals surface area contributed by atoms with Crippen LogP contribution < -0.4 is 0 Å². The molecule has 0 saturated heterocycles. The minimum absolute atomic E-state index is 0.0274. The largest absolute Gasteiger partial charge is 0.462 e. The maximum absolute atomic E-state index is 11.6. The van der Waals surface area contributed by atoms with Gasteiger partial charge in [-0.05, 0) is 25.7 Å². The normalized spacial score (nSPS) is 24.7. The van der Waals surface area contributed by atoms with Crippen LogP contribution in [0, 0.1) is 5.92 Å². The van der Waals surface area contributed by atoms with Crippen LogP contribution in [-0.4, -0.2) is 23.6 Å². The van der Waals surface area contributed by atoms with E-state index in [4.69, 9.17) is 4.74 Å². The summed E-state index contributed by atoms with van der Waals surface area (Å²) in [6.45, 7) is 3.55. The molecule has 4 heteroatoms. The molecule has 0 aromatic rings. The van der Waals surface area contributed by atoms with Crippen molar-refractivity contribution in [2.45, 2.75) is 84.2 Å². The second-order valence-electron chi connectivity index (χ2n) is 6.00. The number of carbonyl (C=O) groups is 3. The van der Waals surface area contributed by atoms with E-state index in [0.29, 0.717) is 12.2 Å². The number of ketones is 2. The summed E-state index contributed by atoms with van der Waals surface area (Å²) in [5, 5.41) is 0. The van der Waals surface area contributed by atoms with E-state index in [0.717, 1.165) is 57.8 Å². The van der Waals surface area contributed by atoms with E-state index in [-0.39, 0.29) is 23.8 Å². The quantitative estimate of drug-likeness (QED) is 0.574. The van der Waals surface area contributed by atoms with E-state index in [1.54, 1.807) is 0 Å². The molecular formula is C17H28O4. The number of Topliss-reactive ketones (excluding diaryl/α,β-unsaturated/α-hetero) is 2. The zero-order valence-corrected chi connectivity index (χ0v) is 13.4. The van der Waals surface area contributed by atoms with Gasteiger partial charge in [-0.2, -0.15) is 0 Å². The Hall–Kier alpha value is -1.19. The van der Waals surface area contributed by atoms with E-state index >= 15 is 0 Å². The zero-order chi connectivity index (χ0) is 15.7. The van der Waals surface area contributed by atoms with E-state index in [1.807, 2.05) is 0 Å². The minimum atomic E-state index is -0.268. The standard InChI is InChI=1S/C12H20O3.C5H8O/c1-3-4-5-6-10-11(14)7-8-12(10)15-9(2)13;6-5-3-1-2-4-5/h10,12H,3-8H2,1-2H3;1-4H2. The highest BCUT2D eigenvalue weighted by Crippen LogP contribution is 2.29. The average Bonchev–Trinajstić information content (AvgIpc) is 3.02.